The summed E-state index contributed by atoms with van der Waals surface area (Å²) in [7, 11) is 0. The van der Waals surface area contributed by atoms with E-state index in [1.165, 1.54) is 32.1 Å². The number of rotatable bonds is 2. The van der Waals surface area contributed by atoms with Crippen molar-refractivity contribution in [2.24, 2.45) is 0 Å². The second-order valence-corrected chi connectivity index (χ2v) is 6.80. The largest absolute Gasteiger partial charge is 0.339 e. The summed E-state index contributed by atoms with van der Waals surface area (Å²) in [4.78, 5) is 14.6. The van der Waals surface area contributed by atoms with Crippen molar-refractivity contribution >= 4 is 17.7 Å². The van der Waals surface area contributed by atoms with Crippen molar-refractivity contribution in [1.29, 1.82) is 0 Å². The summed E-state index contributed by atoms with van der Waals surface area (Å²) in [5.74, 6) is 1.47. The average Bonchev–Trinajstić information content (AvgIpc) is 2.38. The second-order valence-electron chi connectivity index (χ2n) is 5.39. The molecule has 2 aliphatic heterocycles. The molecule has 0 spiro atoms. The highest BCUT2D eigenvalue weighted by Crippen LogP contribution is 2.22. The third kappa shape index (κ3) is 3.89. The van der Waals surface area contributed by atoms with Crippen LogP contribution in [-0.2, 0) is 4.79 Å². The Kier molecular flexibility index (Phi) is 5.83. The molecule has 0 aromatic rings. The van der Waals surface area contributed by atoms with Gasteiger partial charge < -0.3 is 10.2 Å². The van der Waals surface area contributed by atoms with Crippen molar-refractivity contribution in [2.75, 3.05) is 25.4 Å². The van der Waals surface area contributed by atoms with Crippen molar-refractivity contribution in [1.82, 2.24) is 10.2 Å². The standard InChI is InChI=1S/C14H26N2OS/c1-2-12-11-16(9-10-18-12)14(17)13-7-5-3-4-6-8-15-13/h12-13,15H,2-11H2,1H3. The number of nitrogens with zero attached hydrogens (tertiary/aromatic N) is 1. The average molecular weight is 270 g/mol. The van der Waals surface area contributed by atoms with Crippen LogP contribution in [0.25, 0.3) is 0 Å². The molecule has 0 aromatic heterocycles. The molecule has 1 amide bonds. The van der Waals surface area contributed by atoms with Crippen molar-refractivity contribution in [3.8, 4) is 0 Å². The van der Waals surface area contributed by atoms with Crippen LogP contribution in [0.15, 0.2) is 0 Å². The number of hydrogen-bond donors (Lipinski definition) is 1. The van der Waals surface area contributed by atoms with Crippen LogP contribution in [0.5, 0.6) is 0 Å². The predicted octanol–water partition coefficient (Wildman–Crippen LogP) is 2.26. The van der Waals surface area contributed by atoms with Crippen molar-refractivity contribution < 1.29 is 4.79 Å². The Morgan fingerprint density at radius 3 is 3.00 bits per heavy atom. The summed E-state index contributed by atoms with van der Waals surface area (Å²) in [6.45, 7) is 5.13. The molecule has 0 saturated carbocycles. The Labute approximate surface area is 115 Å². The Morgan fingerprint density at radius 2 is 2.17 bits per heavy atom. The van der Waals surface area contributed by atoms with Gasteiger partial charge in [0.15, 0.2) is 0 Å². The first-order valence-corrected chi connectivity index (χ1v) is 8.50. The molecular weight excluding hydrogens is 244 g/mol. The molecule has 0 aliphatic carbocycles. The zero-order valence-corrected chi connectivity index (χ0v) is 12.3. The zero-order chi connectivity index (χ0) is 12.8. The number of nitrogens with one attached hydrogen (secondary N) is 1. The van der Waals surface area contributed by atoms with Crippen molar-refractivity contribution in [2.45, 2.75) is 56.7 Å². The number of carbonyl (C=O) groups excluding carboxylic acids is 1. The van der Waals surface area contributed by atoms with E-state index in [1.807, 2.05) is 11.8 Å². The van der Waals surface area contributed by atoms with Gasteiger partial charge in [0.25, 0.3) is 0 Å². The number of amides is 1. The SMILES string of the molecule is CCC1CN(C(=O)C2CCCCCCN2)CCS1. The number of thioether (sulfide) groups is 1. The molecule has 2 atom stereocenters. The molecule has 2 heterocycles. The van der Waals surface area contributed by atoms with Crippen LogP contribution in [0.4, 0.5) is 0 Å². The molecule has 2 unspecified atom stereocenters. The minimum absolute atomic E-state index is 0.0888. The minimum Gasteiger partial charge on any atom is -0.339 e. The molecule has 2 saturated heterocycles. The maximum Gasteiger partial charge on any atom is 0.239 e. The molecule has 18 heavy (non-hydrogen) atoms. The van der Waals surface area contributed by atoms with Crippen molar-refractivity contribution in [3.05, 3.63) is 0 Å². The first-order valence-electron chi connectivity index (χ1n) is 7.45. The lowest BCUT2D eigenvalue weighted by Crippen LogP contribution is -2.51. The van der Waals surface area contributed by atoms with Gasteiger partial charge in [-0.15, -0.1) is 0 Å². The van der Waals surface area contributed by atoms with E-state index in [4.69, 9.17) is 0 Å². The van der Waals surface area contributed by atoms with Gasteiger partial charge in [-0.25, -0.2) is 0 Å². The summed E-state index contributed by atoms with van der Waals surface area (Å²) >= 11 is 2.02. The summed E-state index contributed by atoms with van der Waals surface area (Å²) in [6.07, 6.45) is 7.22. The lowest BCUT2D eigenvalue weighted by molar-refractivity contribution is -0.133. The third-order valence-corrected chi connectivity index (χ3v) is 5.39. The van der Waals surface area contributed by atoms with E-state index >= 15 is 0 Å². The van der Waals surface area contributed by atoms with Crippen molar-refractivity contribution in [3.63, 3.8) is 0 Å². The number of carbonyl (C=O) groups is 1. The molecule has 0 bridgehead atoms. The molecule has 0 aromatic carbocycles. The number of hydrogen-bond acceptors (Lipinski definition) is 3. The van der Waals surface area contributed by atoms with Gasteiger partial charge in [-0.2, -0.15) is 11.8 Å². The van der Waals surface area contributed by atoms with Gasteiger partial charge in [-0.1, -0.05) is 26.2 Å². The summed E-state index contributed by atoms with van der Waals surface area (Å²) in [5, 5.41) is 4.10. The van der Waals surface area contributed by atoms with E-state index in [9.17, 15) is 4.79 Å². The molecule has 4 heteroatoms. The van der Waals surface area contributed by atoms with E-state index in [2.05, 4.69) is 17.1 Å². The lowest BCUT2D eigenvalue weighted by Gasteiger charge is -2.35. The van der Waals surface area contributed by atoms with E-state index in [0.717, 1.165) is 31.8 Å². The Balaban J connectivity index is 1.87. The highest BCUT2D eigenvalue weighted by molar-refractivity contribution is 8.00. The third-order valence-electron chi connectivity index (χ3n) is 4.01. The van der Waals surface area contributed by atoms with E-state index < -0.39 is 0 Å². The van der Waals surface area contributed by atoms with Gasteiger partial charge in [0.1, 0.15) is 0 Å². The monoisotopic (exact) mass is 270 g/mol. The topological polar surface area (TPSA) is 32.3 Å². The minimum atomic E-state index is 0.0888. The highest BCUT2D eigenvalue weighted by atomic mass is 32.2. The normalized spacial score (nSPS) is 30.6. The smallest absolute Gasteiger partial charge is 0.239 e. The van der Waals surface area contributed by atoms with E-state index in [0.29, 0.717) is 11.2 Å². The summed E-state index contributed by atoms with van der Waals surface area (Å²) < 4.78 is 0. The van der Waals surface area contributed by atoms with Crippen LogP contribution in [0, 0.1) is 0 Å². The Bertz CT molecular complexity index is 261. The van der Waals surface area contributed by atoms with Gasteiger partial charge in [0, 0.05) is 24.1 Å². The van der Waals surface area contributed by atoms with Gasteiger partial charge in [0.2, 0.25) is 5.91 Å². The van der Waals surface area contributed by atoms with Crippen LogP contribution >= 0.6 is 11.8 Å². The first kappa shape index (κ1) is 14.2. The Hall–Kier alpha value is -0.220. The fourth-order valence-corrected chi connectivity index (χ4v) is 3.98. The van der Waals surface area contributed by atoms with Gasteiger partial charge in [-0.3, -0.25) is 4.79 Å². The fourth-order valence-electron chi connectivity index (χ4n) is 2.80. The lowest BCUT2D eigenvalue weighted by atomic mass is 10.0. The van der Waals surface area contributed by atoms with E-state index in [1.54, 1.807) is 0 Å². The maximum absolute atomic E-state index is 12.5. The first-order chi connectivity index (χ1) is 8.81. The Morgan fingerprint density at radius 1 is 1.33 bits per heavy atom. The fraction of sp³-hybridized carbons (Fsp3) is 0.929. The molecule has 2 fully saturated rings. The molecule has 2 aliphatic rings. The van der Waals surface area contributed by atoms with Crippen LogP contribution in [0.1, 0.15) is 45.4 Å². The predicted molar refractivity (Wildman–Crippen MR) is 78.0 cm³/mol. The van der Waals surface area contributed by atoms with Crippen LogP contribution in [-0.4, -0.2) is 47.5 Å². The summed E-state index contributed by atoms with van der Waals surface area (Å²) in [6, 6.07) is 0.0888. The highest BCUT2D eigenvalue weighted by Gasteiger charge is 2.28. The second kappa shape index (κ2) is 7.39. The van der Waals surface area contributed by atoms with Crippen LogP contribution in [0.2, 0.25) is 0 Å². The quantitative estimate of drug-likeness (QED) is 0.835. The molecule has 2 rings (SSSR count). The van der Waals surface area contributed by atoms with Gasteiger partial charge in [-0.05, 0) is 25.8 Å². The molecule has 0 radical (unpaired) electrons. The molecule has 1 N–H and O–H groups in total. The molecule has 104 valence electrons. The van der Waals surface area contributed by atoms with Crippen LogP contribution in [0.3, 0.4) is 0 Å². The molecule has 3 nitrogen and oxygen atoms in total. The summed E-state index contributed by atoms with van der Waals surface area (Å²) in [5.41, 5.74) is 0. The zero-order valence-electron chi connectivity index (χ0n) is 11.5. The van der Waals surface area contributed by atoms with Gasteiger partial charge >= 0.3 is 0 Å². The molecular formula is C14H26N2OS. The van der Waals surface area contributed by atoms with Gasteiger partial charge in [0.05, 0.1) is 6.04 Å². The maximum atomic E-state index is 12.5. The van der Waals surface area contributed by atoms with E-state index in [-0.39, 0.29) is 6.04 Å². The van der Waals surface area contributed by atoms with Crippen LogP contribution < -0.4 is 5.32 Å².